The highest BCUT2D eigenvalue weighted by Crippen LogP contribution is 2.25. The normalized spacial score (nSPS) is 20.1. The van der Waals surface area contributed by atoms with Gasteiger partial charge in [-0.2, -0.15) is 4.31 Å². The predicted octanol–water partition coefficient (Wildman–Crippen LogP) is 2.85. The highest BCUT2D eigenvalue weighted by Gasteiger charge is 2.34. The maximum absolute atomic E-state index is 12.9. The molecule has 2 amide bonds. The molecule has 2 aliphatic rings. The molecule has 2 saturated heterocycles. The zero-order valence-electron chi connectivity index (χ0n) is 17.4. The third-order valence-electron chi connectivity index (χ3n) is 5.86. The average molecular weight is 442 g/mol. The number of benzene rings is 2. The maximum Gasteiger partial charge on any atom is 0.243 e. The number of carbonyl (C=O) groups excluding carboxylic acids is 2. The number of carbonyl (C=O) groups is 2. The van der Waals surface area contributed by atoms with Gasteiger partial charge in [0, 0.05) is 38.3 Å². The van der Waals surface area contributed by atoms with Crippen molar-refractivity contribution in [3.63, 3.8) is 0 Å². The number of nitrogens with one attached hydrogen (secondary N) is 1. The number of nitrogens with zero attached hydrogens (tertiary/aromatic N) is 2. The summed E-state index contributed by atoms with van der Waals surface area (Å²) in [5.74, 6) is -0.777. The molecular weight excluding hydrogens is 414 g/mol. The largest absolute Gasteiger partial charge is 0.338 e. The van der Waals surface area contributed by atoms with Gasteiger partial charge in [-0.1, -0.05) is 42.8 Å². The number of hydrogen-bond acceptors (Lipinski definition) is 4. The summed E-state index contributed by atoms with van der Waals surface area (Å²) >= 11 is 0. The number of sulfonamides is 1. The molecule has 2 fully saturated rings. The summed E-state index contributed by atoms with van der Waals surface area (Å²) in [6.45, 7) is 1.89. The van der Waals surface area contributed by atoms with E-state index >= 15 is 0 Å². The Morgan fingerprint density at radius 2 is 1.74 bits per heavy atom. The Bertz CT molecular complexity index is 1050. The highest BCUT2D eigenvalue weighted by molar-refractivity contribution is 7.89. The van der Waals surface area contributed by atoms with Crippen LogP contribution in [-0.4, -0.2) is 49.1 Å². The molecule has 4 rings (SSSR count). The van der Waals surface area contributed by atoms with Gasteiger partial charge in [0.25, 0.3) is 0 Å². The minimum Gasteiger partial charge on any atom is -0.338 e. The number of hydrogen-bond donors (Lipinski definition) is 1. The monoisotopic (exact) mass is 441 g/mol. The SMILES string of the molecule is O=C(Nc1cccc(S(=O)(=O)N2CCCCC2)c1)[C@@H]1CC(=O)N(Cc2ccccc2)C1. The maximum atomic E-state index is 12.9. The van der Waals surface area contributed by atoms with Gasteiger partial charge in [-0.15, -0.1) is 0 Å². The summed E-state index contributed by atoms with van der Waals surface area (Å²) in [5.41, 5.74) is 1.45. The van der Waals surface area contributed by atoms with Gasteiger partial charge in [0.05, 0.1) is 10.8 Å². The molecule has 2 aromatic rings. The van der Waals surface area contributed by atoms with E-state index in [0.717, 1.165) is 24.8 Å². The zero-order chi connectivity index (χ0) is 21.8. The molecule has 31 heavy (non-hydrogen) atoms. The van der Waals surface area contributed by atoms with Crippen LogP contribution in [0, 0.1) is 5.92 Å². The van der Waals surface area contributed by atoms with Gasteiger partial charge in [0.15, 0.2) is 0 Å². The highest BCUT2D eigenvalue weighted by atomic mass is 32.2. The number of anilines is 1. The van der Waals surface area contributed by atoms with E-state index in [-0.39, 0.29) is 23.1 Å². The molecule has 0 aromatic heterocycles. The van der Waals surface area contributed by atoms with E-state index in [1.54, 1.807) is 23.1 Å². The van der Waals surface area contributed by atoms with Crippen LogP contribution in [-0.2, 0) is 26.2 Å². The van der Waals surface area contributed by atoms with Crippen LogP contribution in [0.4, 0.5) is 5.69 Å². The molecule has 8 heteroatoms. The molecule has 0 unspecified atom stereocenters. The van der Waals surface area contributed by atoms with Gasteiger partial charge >= 0.3 is 0 Å². The van der Waals surface area contributed by atoms with Crippen LogP contribution in [0.1, 0.15) is 31.2 Å². The molecule has 1 N–H and O–H groups in total. The second-order valence-corrected chi connectivity index (χ2v) is 10.1. The quantitative estimate of drug-likeness (QED) is 0.747. The molecular formula is C23H27N3O4S. The predicted molar refractivity (Wildman–Crippen MR) is 118 cm³/mol. The number of piperidine rings is 1. The Morgan fingerprint density at radius 1 is 1.00 bits per heavy atom. The molecule has 0 aliphatic carbocycles. The third kappa shape index (κ3) is 4.97. The lowest BCUT2D eigenvalue weighted by Crippen LogP contribution is -2.35. The van der Waals surface area contributed by atoms with Gasteiger partial charge in [-0.3, -0.25) is 9.59 Å². The summed E-state index contributed by atoms with van der Waals surface area (Å²) in [5, 5.41) is 2.80. The minimum absolute atomic E-state index is 0.0505. The van der Waals surface area contributed by atoms with Gasteiger partial charge in [0.2, 0.25) is 21.8 Å². The lowest BCUT2D eigenvalue weighted by molar-refractivity contribution is -0.128. The summed E-state index contributed by atoms with van der Waals surface area (Å²) in [6, 6.07) is 16.0. The van der Waals surface area contributed by atoms with Gasteiger partial charge in [0.1, 0.15) is 0 Å². The van der Waals surface area contributed by atoms with Crippen molar-refractivity contribution in [2.24, 2.45) is 5.92 Å². The number of amides is 2. The summed E-state index contributed by atoms with van der Waals surface area (Å²) < 4.78 is 27.3. The van der Waals surface area contributed by atoms with Crippen LogP contribution in [0.3, 0.4) is 0 Å². The summed E-state index contributed by atoms with van der Waals surface area (Å²) in [6.07, 6.45) is 2.93. The van der Waals surface area contributed by atoms with E-state index in [0.29, 0.717) is 31.9 Å². The first kappa shape index (κ1) is 21.5. The molecule has 2 heterocycles. The number of likely N-dealkylation sites (tertiary alicyclic amines) is 1. The second-order valence-electron chi connectivity index (χ2n) is 8.14. The van der Waals surface area contributed by atoms with Crippen molar-refractivity contribution in [1.82, 2.24) is 9.21 Å². The number of rotatable bonds is 6. The molecule has 7 nitrogen and oxygen atoms in total. The van der Waals surface area contributed by atoms with Crippen molar-refractivity contribution >= 4 is 27.5 Å². The lowest BCUT2D eigenvalue weighted by Gasteiger charge is -2.26. The van der Waals surface area contributed by atoms with E-state index in [1.807, 2.05) is 30.3 Å². The van der Waals surface area contributed by atoms with Crippen molar-refractivity contribution in [1.29, 1.82) is 0 Å². The van der Waals surface area contributed by atoms with Crippen molar-refractivity contribution < 1.29 is 18.0 Å². The van der Waals surface area contributed by atoms with Crippen LogP contribution < -0.4 is 5.32 Å². The van der Waals surface area contributed by atoms with Crippen molar-refractivity contribution in [3.05, 3.63) is 60.2 Å². The lowest BCUT2D eigenvalue weighted by atomic mass is 10.1. The van der Waals surface area contributed by atoms with Crippen LogP contribution in [0.5, 0.6) is 0 Å². The van der Waals surface area contributed by atoms with Crippen molar-refractivity contribution in [2.45, 2.75) is 37.1 Å². The Morgan fingerprint density at radius 3 is 2.48 bits per heavy atom. The van der Waals surface area contributed by atoms with Crippen molar-refractivity contribution in [3.8, 4) is 0 Å². The first-order chi connectivity index (χ1) is 14.9. The Labute approximate surface area is 183 Å². The Kier molecular flexibility index (Phi) is 6.38. The Hall–Kier alpha value is -2.71. The third-order valence-corrected chi connectivity index (χ3v) is 7.75. The molecule has 0 radical (unpaired) electrons. The molecule has 1 atom stereocenters. The van der Waals surface area contributed by atoms with E-state index in [4.69, 9.17) is 0 Å². The van der Waals surface area contributed by atoms with Gasteiger partial charge in [-0.25, -0.2) is 8.42 Å². The zero-order valence-corrected chi connectivity index (χ0v) is 18.2. The first-order valence-corrected chi connectivity index (χ1v) is 12.1. The Balaban J connectivity index is 1.41. The summed E-state index contributed by atoms with van der Waals surface area (Å²) in [4.78, 5) is 27.0. The van der Waals surface area contributed by atoms with Gasteiger partial charge in [-0.05, 0) is 36.6 Å². The molecule has 0 spiro atoms. The van der Waals surface area contributed by atoms with Crippen molar-refractivity contribution in [2.75, 3.05) is 25.0 Å². The molecule has 2 aromatic carbocycles. The second kappa shape index (κ2) is 9.20. The van der Waals surface area contributed by atoms with E-state index in [9.17, 15) is 18.0 Å². The van der Waals surface area contributed by atoms with Gasteiger partial charge < -0.3 is 10.2 Å². The van der Waals surface area contributed by atoms with E-state index in [2.05, 4.69) is 5.32 Å². The molecule has 0 saturated carbocycles. The van der Waals surface area contributed by atoms with Crippen LogP contribution in [0.2, 0.25) is 0 Å². The smallest absolute Gasteiger partial charge is 0.243 e. The van der Waals surface area contributed by atoms with Crippen LogP contribution in [0.15, 0.2) is 59.5 Å². The topological polar surface area (TPSA) is 86.8 Å². The fraction of sp³-hybridized carbons (Fsp3) is 0.391. The fourth-order valence-electron chi connectivity index (χ4n) is 4.14. The average Bonchev–Trinajstić information content (AvgIpc) is 3.15. The molecule has 0 bridgehead atoms. The molecule has 164 valence electrons. The van der Waals surface area contributed by atoms with Crippen LogP contribution >= 0.6 is 0 Å². The fourth-order valence-corrected chi connectivity index (χ4v) is 5.70. The standard InChI is InChI=1S/C23H27N3O4S/c27-22-14-19(17-25(22)16-18-8-3-1-4-9-18)23(28)24-20-10-7-11-21(15-20)31(29,30)26-12-5-2-6-13-26/h1,3-4,7-11,15,19H,2,5-6,12-14,16-17H2,(H,24,28)/t19-/m1/s1. The van der Waals surface area contributed by atoms with Crippen LogP contribution in [0.25, 0.3) is 0 Å². The summed E-state index contributed by atoms with van der Waals surface area (Å²) in [7, 11) is -3.57. The first-order valence-electron chi connectivity index (χ1n) is 10.7. The van der Waals surface area contributed by atoms with E-state index in [1.165, 1.54) is 10.4 Å². The van der Waals surface area contributed by atoms with E-state index < -0.39 is 15.9 Å². The molecule has 2 aliphatic heterocycles. The minimum atomic E-state index is -3.57.